The lowest BCUT2D eigenvalue weighted by Gasteiger charge is -2.41. The zero-order valence-corrected chi connectivity index (χ0v) is 13.7. The second-order valence-electron chi connectivity index (χ2n) is 6.29. The molecule has 2 saturated heterocycles. The minimum Gasteiger partial charge on any atom is -0.481 e. The molecule has 1 aromatic rings. The molecule has 0 spiro atoms. The zero-order valence-electron chi connectivity index (χ0n) is 12.9. The van der Waals surface area contributed by atoms with Crippen molar-refractivity contribution in [2.75, 3.05) is 6.54 Å². The van der Waals surface area contributed by atoms with Gasteiger partial charge in [0.25, 0.3) is 5.91 Å². The van der Waals surface area contributed by atoms with Gasteiger partial charge < -0.3 is 15.0 Å². The van der Waals surface area contributed by atoms with E-state index in [0.717, 1.165) is 6.54 Å². The van der Waals surface area contributed by atoms with Gasteiger partial charge in [0.1, 0.15) is 17.2 Å². The Labute approximate surface area is 134 Å². The van der Waals surface area contributed by atoms with E-state index in [-0.39, 0.29) is 21.9 Å². The number of ether oxygens (including phenoxy) is 1. The standard InChI is InChI=1S/C16H20N2O3S/c1-10(21-11-7-5-4-6-8-11)13(19)17-12-14(20)18-9-16(2,3)22-15(12)18/h4-8,10,12,15H,9H2,1-3H3,(H,17,19). The highest BCUT2D eigenvalue weighted by atomic mass is 32.2. The normalized spacial score (nSPS) is 26.9. The molecule has 6 heteroatoms. The summed E-state index contributed by atoms with van der Waals surface area (Å²) in [5.41, 5.74) is 0. The number of fused-ring (bicyclic) bond motifs is 1. The van der Waals surface area contributed by atoms with Crippen molar-refractivity contribution in [3.8, 4) is 5.75 Å². The number of nitrogens with zero attached hydrogens (tertiary/aromatic N) is 1. The first-order valence-corrected chi connectivity index (χ1v) is 8.26. The van der Waals surface area contributed by atoms with Crippen molar-refractivity contribution in [2.24, 2.45) is 0 Å². The molecule has 3 atom stereocenters. The summed E-state index contributed by atoms with van der Waals surface area (Å²) >= 11 is 1.74. The molecule has 2 heterocycles. The fraction of sp³-hybridized carbons (Fsp3) is 0.500. The van der Waals surface area contributed by atoms with Gasteiger partial charge >= 0.3 is 0 Å². The molecule has 22 heavy (non-hydrogen) atoms. The molecule has 5 nitrogen and oxygen atoms in total. The van der Waals surface area contributed by atoms with E-state index in [1.165, 1.54) is 0 Å². The van der Waals surface area contributed by atoms with Gasteiger partial charge in [-0.3, -0.25) is 9.59 Å². The number of rotatable bonds is 4. The number of hydrogen-bond acceptors (Lipinski definition) is 4. The second kappa shape index (κ2) is 5.50. The quantitative estimate of drug-likeness (QED) is 0.857. The molecule has 3 unspecified atom stereocenters. The summed E-state index contributed by atoms with van der Waals surface area (Å²) in [5.74, 6) is 0.388. The van der Waals surface area contributed by atoms with Crippen LogP contribution in [0, 0.1) is 0 Å². The van der Waals surface area contributed by atoms with Crippen LogP contribution in [0.25, 0.3) is 0 Å². The Morgan fingerprint density at radius 1 is 1.41 bits per heavy atom. The van der Waals surface area contributed by atoms with Gasteiger partial charge in [-0.15, -0.1) is 11.8 Å². The maximum atomic E-state index is 12.2. The van der Waals surface area contributed by atoms with Crippen LogP contribution >= 0.6 is 11.8 Å². The number of amides is 2. The van der Waals surface area contributed by atoms with Gasteiger partial charge in [0.15, 0.2) is 6.10 Å². The number of hydrogen-bond donors (Lipinski definition) is 1. The van der Waals surface area contributed by atoms with Gasteiger partial charge in [0.05, 0.1) is 0 Å². The van der Waals surface area contributed by atoms with Crippen molar-refractivity contribution in [2.45, 2.75) is 43.0 Å². The van der Waals surface area contributed by atoms with Crippen molar-refractivity contribution < 1.29 is 14.3 Å². The molecule has 2 aliphatic rings. The largest absolute Gasteiger partial charge is 0.481 e. The molecular formula is C16H20N2O3S. The first-order valence-electron chi connectivity index (χ1n) is 7.38. The van der Waals surface area contributed by atoms with Crippen LogP contribution in [0.2, 0.25) is 0 Å². The summed E-state index contributed by atoms with van der Waals surface area (Å²) in [7, 11) is 0. The Morgan fingerprint density at radius 2 is 2.09 bits per heavy atom. The molecule has 2 amide bonds. The summed E-state index contributed by atoms with van der Waals surface area (Å²) in [5, 5.41) is 2.87. The average Bonchev–Trinajstić information content (AvgIpc) is 2.78. The topological polar surface area (TPSA) is 58.6 Å². The molecule has 1 aromatic carbocycles. The molecule has 2 fully saturated rings. The molecule has 0 aliphatic carbocycles. The third-order valence-electron chi connectivity index (χ3n) is 3.86. The number of carbonyl (C=O) groups excluding carboxylic acids is 2. The minimum atomic E-state index is -0.635. The summed E-state index contributed by atoms with van der Waals surface area (Å²) < 4.78 is 5.64. The summed E-state index contributed by atoms with van der Waals surface area (Å²) in [6.07, 6.45) is -0.635. The highest BCUT2D eigenvalue weighted by Gasteiger charge is 2.56. The molecule has 1 N–H and O–H groups in total. The van der Waals surface area contributed by atoms with Crippen LogP contribution in [0.4, 0.5) is 0 Å². The van der Waals surface area contributed by atoms with E-state index < -0.39 is 12.1 Å². The van der Waals surface area contributed by atoms with Gasteiger partial charge in [0, 0.05) is 11.3 Å². The lowest BCUT2D eigenvalue weighted by molar-refractivity contribution is -0.148. The molecule has 0 saturated carbocycles. The molecular weight excluding hydrogens is 300 g/mol. The average molecular weight is 320 g/mol. The number of nitrogens with one attached hydrogen (secondary N) is 1. The van der Waals surface area contributed by atoms with Crippen molar-refractivity contribution >= 4 is 23.6 Å². The van der Waals surface area contributed by atoms with E-state index >= 15 is 0 Å². The fourth-order valence-electron chi connectivity index (χ4n) is 2.76. The molecule has 0 aromatic heterocycles. The number of benzene rings is 1. The maximum absolute atomic E-state index is 12.2. The van der Waals surface area contributed by atoms with Gasteiger partial charge in [0.2, 0.25) is 5.91 Å². The van der Waals surface area contributed by atoms with Crippen molar-refractivity contribution in [3.05, 3.63) is 30.3 Å². The Kier molecular flexibility index (Phi) is 3.80. The minimum absolute atomic E-state index is 0.00309. The highest BCUT2D eigenvalue weighted by molar-refractivity contribution is 8.01. The van der Waals surface area contributed by atoms with E-state index in [2.05, 4.69) is 19.2 Å². The van der Waals surface area contributed by atoms with Crippen LogP contribution in [0.3, 0.4) is 0 Å². The smallest absolute Gasteiger partial charge is 0.261 e. The van der Waals surface area contributed by atoms with Gasteiger partial charge in [-0.2, -0.15) is 0 Å². The Balaban J connectivity index is 1.57. The first-order chi connectivity index (χ1) is 10.4. The van der Waals surface area contributed by atoms with Crippen molar-refractivity contribution in [1.29, 1.82) is 0 Å². The lowest BCUT2D eigenvalue weighted by Crippen LogP contribution is -2.68. The molecule has 3 rings (SSSR count). The number of carbonyl (C=O) groups is 2. The van der Waals surface area contributed by atoms with Gasteiger partial charge in [-0.1, -0.05) is 18.2 Å². The number of para-hydroxylation sites is 1. The van der Waals surface area contributed by atoms with Crippen molar-refractivity contribution in [3.63, 3.8) is 0 Å². The Bertz CT molecular complexity index is 590. The molecule has 0 bridgehead atoms. The maximum Gasteiger partial charge on any atom is 0.261 e. The highest BCUT2D eigenvalue weighted by Crippen LogP contribution is 2.46. The lowest BCUT2D eigenvalue weighted by atomic mass is 10.0. The molecule has 2 aliphatic heterocycles. The van der Waals surface area contributed by atoms with Gasteiger partial charge in [-0.25, -0.2) is 0 Å². The summed E-state index contributed by atoms with van der Waals surface area (Å²) in [4.78, 5) is 26.2. The van der Waals surface area contributed by atoms with Crippen molar-refractivity contribution in [1.82, 2.24) is 10.2 Å². The third kappa shape index (κ3) is 2.79. The van der Waals surface area contributed by atoms with Crippen LogP contribution in [0.1, 0.15) is 20.8 Å². The van der Waals surface area contributed by atoms with E-state index in [1.54, 1.807) is 30.8 Å². The number of thioether (sulfide) groups is 1. The fourth-order valence-corrected chi connectivity index (χ4v) is 4.25. The van der Waals surface area contributed by atoms with E-state index in [0.29, 0.717) is 5.75 Å². The second-order valence-corrected chi connectivity index (χ2v) is 8.12. The predicted molar refractivity (Wildman–Crippen MR) is 85.6 cm³/mol. The third-order valence-corrected chi connectivity index (χ3v) is 5.39. The Morgan fingerprint density at radius 3 is 2.77 bits per heavy atom. The first kappa shape index (κ1) is 15.2. The van der Waals surface area contributed by atoms with E-state index in [9.17, 15) is 9.59 Å². The molecule has 118 valence electrons. The molecule has 0 radical (unpaired) electrons. The summed E-state index contributed by atoms with van der Waals surface area (Å²) in [6, 6.07) is 8.76. The van der Waals surface area contributed by atoms with E-state index in [1.807, 2.05) is 23.1 Å². The van der Waals surface area contributed by atoms with E-state index in [4.69, 9.17) is 4.74 Å². The van der Waals surface area contributed by atoms with Crippen LogP contribution in [-0.4, -0.2) is 45.5 Å². The monoisotopic (exact) mass is 320 g/mol. The van der Waals surface area contributed by atoms with Crippen LogP contribution in [0.5, 0.6) is 5.75 Å². The SMILES string of the molecule is CC(Oc1ccccc1)C(=O)NC1C(=O)N2CC(C)(C)SC12. The number of β-lactam (4-membered cyclic amide) rings is 1. The summed E-state index contributed by atoms with van der Waals surface area (Å²) in [6.45, 7) is 6.66. The van der Waals surface area contributed by atoms with Crippen LogP contribution in [0.15, 0.2) is 30.3 Å². The van der Waals surface area contributed by atoms with Crippen LogP contribution in [-0.2, 0) is 9.59 Å². The predicted octanol–water partition coefficient (Wildman–Crippen LogP) is 1.63. The van der Waals surface area contributed by atoms with Gasteiger partial charge in [-0.05, 0) is 32.9 Å². The van der Waals surface area contributed by atoms with Crippen LogP contribution < -0.4 is 10.1 Å². The Hall–Kier alpha value is -1.69. The zero-order chi connectivity index (χ0) is 15.9.